The molecule has 0 aromatic rings. The third-order valence-corrected chi connectivity index (χ3v) is 13.3. The van der Waals surface area contributed by atoms with E-state index in [4.69, 9.17) is 14.2 Å². The van der Waals surface area contributed by atoms with E-state index in [-0.39, 0.29) is 31.1 Å². The molecule has 0 saturated heterocycles. The van der Waals surface area contributed by atoms with Crippen LogP contribution in [0.4, 0.5) is 0 Å². The molecule has 0 aromatic heterocycles. The number of esters is 3. The smallest absolute Gasteiger partial charge is 0.306 e. The van der Waals surface area contributed by atoms with Crippen molar-refractivity contribution >= 4 is 17.9 Å². The predicted molar refractivity (Wildman–Crippen MR) is 302 cm³/mol. The standard InChI is InChI=1S/C64H114O6/c1-4-7-10-13-16-19-22-25-28-30-31-32-33-35-36-39-42-45-48-51-54-57-63(66)69-60-61(59-68-62(65)56-53-50-47-44-41-38-27-24-21-18-15-12-9-6-3)70-64(67)58-55-52-49-46-43-40-37-34-29-26-23-20-17-14-11-8-5-2/h8,11,17,20,24,26-27,29,37,40,61H,4-7,9-10,12-16,18-19,21-23,25,28,30-36,38-39,41-60H2,1-3H3/b11-8-,20-17-,27-24-,29-26-,40-37-. The third kappa shape index (κ3) is 56.0. The maximum absolute atomic E-state index is 12.9. The second kappa shape index (κ2) is 58.7. The summed E-state index contributed by atoms with van der Waals surface area (Å²) in [5.41, 5.74) is 0. The van der Waals surface area contributed by atoms with Gasteiger partial charge in [0.05, 0.1) is 0 Å². The number of allylic oxidation sites excluding steroid dienone is 10. The second-order valence-corrected chi connectivity index (χ2v) is 20.2. The van der Waals surface area contributed by atoms with Crippen molar-refractivity contribution in [3.05, 3.63) is 60.8 Å². The van der Waals surface area contributed by atoms with Crippen molar-refractivity contribution < 1.29 is 28.6 Å². The molecule has 0 rings (SSSR count). The quantitative estimate of drug-likeness (QED) is 0.0261. The molecule has 1 unspecified atom stereocenters. The molecule has 0 saturated carbocycles. The Morgan fingerprint density at radius 2 is 0.557 bits per heavy atom. The van der Waals surface area contributed by atoms with E-state index in [0.717, 1.165) is 103 Å². The first-order valence-electron chi connectivity index (χ1n) is 30.3. The highest BCUT2D eigenvalue weighted by atomic mass is 16.6. The number of rotatable bonds is 55. The Morgan fingerprint density at radius 3 is 0.886 bits per heavy atom. The summed E-state index contributed by atoms with van der Waals surface area (Å²) in [6, 6.07) is 0. The normalized spacial score (nSPS) is 12.4. The van der Waals surface area contributed by atoms with E-state index in [1.165, 1.54) is 167 Å². The predicted octanol–water partition coefficient (Wildman–Crippen LogP) is 20.4. The summed E-state index contributed by atoms with van der Waals surface area (Å²) in [7, 11) is 0. The summed E-state index contributed by atoms with van der Waals surface area (Å²) in [6.07, 6.45) is 73.6. The van der Waals surface area contributed by atoms with Gasteiger partial charge in [-0.1, -0.05) is 268 Å². The molecule has 406 valence electrons. The van der Waals surface area contributed by atoms with E-state index >= 15 is 0 Å². The van der Waals surface area contributed by atoms with Crippen LogP contribution in [-0.4, -0.2) is 37.2 Å². The molecule has 0 aliphatic heterocycles. The van der Waals surface area contributed by atoms with Crippen LogP contribution in [0.15, 0.2) is 60.8 Å². The van der Waals surface area contributed by atoms with Crippen molar-refractivity contribution in [2.75, 3.05) is 13.2 Å². The molecule has 6 heteroatoms. The van der Waals surface area contributed by atoms with Crippen LogP contribution in [0.25, 0.3) is 0 Å². The van der Waals surface area contributed by atoms with Crippen LogP contribution in [0.3, 0.4) is 0 Å². The molecule has 0 aliphatic carbocycles. The van der Waals surface area contributed by atoms with Crippen molar-refractivity contribution in [2.24, 2.45) is 0 Å². The average Bonchev–Trinajstić information content (AvgIpc) is 3.36. The zero-order valence-corrected chi connectivity index (χ0v) is 46.5. The fraction of sp³-hybridized carbons (Fsp3) is 0.797. The van der Waals surface area contributed by atoms with Gasteiger partial charge in [0.25, 0.3) is 0 Å². The Kier molecular flexibility index (Phi) is 56.3. The summed E-state index contributed by atoms with van der Waals surface area (Å²) >= 11 is 0. The summed E-state index contributed by atoms with van der Waals surface area (Å²) < 4.78 is 16.9. The minimum atomic E-state index is -0.789. The lowest BCUT2D eigenvalue weighted by atomic mass is 10.0. The highest BCUT2D eigenvalue weighted by Gasteiger charge is 2.19. The van der Waals surface area contributed by atoms with Gasteiger partial charge in [0.1, 0.15) is 13.2 Å². The number of carbonyl (C=O) groups excluding carboxylic acids is 3. The first kappa shape index (κ1) is 67.1. The topological polar surface area (TPSA) is 78.9 Å². The van der Waals surface area contributed by atoms with Crippen molar-refractivity contribution in [3.63, 3.8) is 0 Å². The van der Waals surface area contributed by atoms with Crippen molar-refractivity contribution in [2.45, 2.75) is 316 Å². The van der Waals surface area contributed by atoms with Crippen LogP contribution >= 0.6 is 0 Å². The number of carbonyl (C=O) groups is 3. The number of hydrogen-bond donors (Lipinski definition) is 0. The molecule has 0 bridgehead atoms. The van der Waals surface area contributed by atoms with Crippen LogP contribution in [0.1, 0.15) is 310 Å². The van der Waals surface area contributed by atoms with Gasteiger partial charge in [0, 0.05) is 19.3 Å². The van der Waals surface area contributed by atoms with Crippen molar-refractivity contribution in [1.29, 1.82) is 0 Å². The average molecular weight is 980 g/mol. The second-order valence-electron chi connectivity index (χ2n) is 20.2. The lowest BCUT2D eigenvalue weighted by Crippen LogP contribution is -2.30. The van der Waals surface area contributed by atoms with E-state index in [0.29, 0.717) is 19.3 Å². The van der Waals surface area contributed by atoms with E-state index in [9.17, 15) is 14.4 Å². The highest BCUT2D eigenvalue weighted by molar-refractivity contribution is 5.71. The molecule has 1 atom stereocenters. The van der Waals surface area contributed by atoms with Gasteiger partial charge < -0.3 is 14.2 Å². The van der Waals surface area contributed by atoms with E-state index < -0.39 is 6.10 Å². The Morgan fingerprint density at radius 1 is 0.300 bits per heavy atom. The Hall–Kier alpha value is -2.89. The summed E-state index contributed by atoms with van der Waals surface area (Å²) in [5, 5.41) is 0. The minimum absolute atomic E-state index is 0.0840. The van der Waals surface area contributed by atoms with Crippen molar-refractivity contribution in [3.8, 4) is 0 Å². The maximum Gasteiger partial charge on any atom is 0.306 e. The first-order chi connectivity index (χ1) is 34.5. The first-order valence-corrected chi connectivity index (χ1v) is 30.3. The molecular formula is C64H114O6. The molecule has 0 spiro atoms. The van der Waals surface area contributed by atoms with Crippen LogP contribution in [-0.2, 0) is 28.6 Å². The number of hydrogen-bond acceptors (Lipinski definition) is 6. The zero-order valence-electron chi connectivity index (χ0n) is 46.5. The number of ether oxygens (including phenoxy) is 3. The molecule has 0 amide bonds. The SMILES string of the molecule is CC/C=C\C/C=C\C/C=C\C/C=C\CCCCCCC(=O)OC(COC(=O)CCCCCCC/C=C\CCCCCCC)COC(=O)CCCCCCCCCCCCCCCCCCCCCCC. The monoisotopic (exact) mass is 979 g/mol. The molecule has 0 aliphatic rings. The Bertz CT molecular complexity index is 1260. The summed E-state index contributed by atoms with van der Waals surface area (Å²) in [5.74, 6) is -0.902. The third-order valence-electron chi connectivity index (χ3n) is 13.3. The minimum Gasteiger partial charge on any atom is -0.462 e. The van der Waals surface area contributed by atoms with Gasteiger partial charge >= 0.3 is 17.9 Å². The van der Waals surface area contributed by atoms with E-state index in [1.54, 1.807) is 0 Å². The van der Waals surface area contributed by atoms with E-state index in [2.05, 4.69) is 81.5 Å². The largest absolute Gasteiger partial charge is 0.462 e. The molecule has 0 heterocycles. The fourth-order valence-electron chi connectivity index (χ4n) is 8.72. The maximum atomic E-state index is 12.9. The Balaban J connectivity index is 4.35. The Labute approximate surface area is 434 Å². The van der Waals surface area contributed by atoms with Gasteiger partial charge in [-0.3, -0.25) is 14.4 Å². The van der Waals surface area contributed by atoms with Gasteiger partial charge in [-0.25, -0.2) is 0 Å². The molecule has 0 radical (unpaired) electrons. The molecule has 0 fully saturated rings. The van der Waals surface area contributed by atoms with Gasteiger partial charge in [-0.2, -0.15) is 0 Å². The summed E-state index contributed by atoms with van der Waals surface area (Å²) in [4.78, 5) is 38.2. The lowest BCUT2D eigenvalue weighted by Gasteiger charge is -2.18. The van der Waals surface area contributed by atoms with Gasteiger partial charge in [-0.05, 0) is 83.5 Å². The van der Waals surface area contributed by atoms with Crippen LogP contribution in [0.5, 0.6) is 0 Å². The fourth-order valence-corrected chi connectivity index (χ4v) is 8.72. The van der Waals surface area contributed by atoms with Crippen LogP contribution in [0, 0.1) is 0 Å². The zero-order chi connectivity index (χ0) is 50.7. The number of unbranched alkanes of at least 4 members (excludes halogenated alkanes) is 34. The van der Waals surface area contributed by atoms with Gasteiger partial charge in [0.2, 0.25) is 0 Å². The van der Waals surface area contributed by atoms with Gasteiger partial charge in [-0.15, -0.1) is 0 Å². The highest BCUT2D eigenvalue weighted by Crippen LogP contribution is 2.17. The molecular weight excluding hydrogens is 865 g/mol. The summed E-state index contributed by atoms with van der Waals surface area (Å²) in [6.45, 7) is 6.53. The molecule has 6 nitrogen and oxygen atoms in total. The van der Waals surface area contributed by atoms with Gasteiger partial charge in [0.15, 0.2) is 6.10 Å². The molecule has 0 aromatic carbocycles. The lowest BCUT2D eigenvalue weighted by molar-refractivity contribution is -0.167. The van der Waals surface area contributed by atoms with Crippen LogP contribution in [0.2, 0.25) is 0 Å². The molecule has 0 N–H and O–H groups in total. The van der Waals surface area contributed by atoms with Crippen LogP contribution < -0.4 is 0 Å². The van der Waals surface area contributed by atoms with Crippen molar-refractivity contribution in [1.82, 2.24) is 0 Å². The van der Waals surface area contributed by atoms with E-state index in [1.807, 2.05) is 0 Å². The molecule has 70 heavy (non-hydrogen) atoms.